The Morgan fingerprint density at radius 1 is 0.500 bits per heavy atom. The van der Waals surface area contributed by atoms with Gasteiger partial charge in [-0.1, -0.05) is 49.3 Å². The van der Waals surface area contributed by atoms with E-state index in [1.165, 1.54) is 38.5 Å². The van der Waals surface area contributed by atoms with E-state index in [1.807, 2.05) is 0 Å². The Balaban J connectivity index is 2.32. The van der Waals surface area contributed by atoms with Crippen LogP contribution in [0.4, 0.5) is 0 Å². The minimum Gasteiger partial charge on any atom is -0.0845 e. The summed E-state index contributed by atoms with van der Waals surface area (Å²) in [6.07, 6.45) is 21.0. The first kappa shape index (κ1) is 9.31. The zero-order valence-electron chi connectivity index (χ0n) is 7.71. The van der Waals surface area contributed by atoms with Crippen LogP contribution in [-0.2, 0) is 0 Å². The fraction of sp³-hybridized carbons (Fsp3) is 0.500. The molecule has 0 aromatic heterocycles. The summed E-state index contributed by atoms with van der Waals surface area (Å²) in [5.41, 5.74) is 0. The van der Waals surface area contributed by atoms with Gasteiger partial charge >= 0.3 is 0 Å². The topological polar surface area (TPSA) is 0 Å². The molecule has 0 heteroatoms. The summed E-state index contributed by atoms with van der Waals surface area (Å²) < 4.78 is 0. The molecule has 1 rings (SSSR count). The van der Waals surface area contributed by atoms with Crippen molar-refractivity contribution in [1.82, 2.24) is 0 Å². The molecule has 1 aliphatic carbocycles. The fourth-order valence-corrected chi connectivity index (χ4v) is 1.36. The second-order valence-corrected chi connectivity index (χ2v) is 3.23. The normalized spacial score (nSPS) is 22.7. The first-order chi connectivity index (χ1) is 6.00. The van der Waals surface area contributed by atoms with E-state index in [9.17, 15) is 0 Å². The highest BCUT2D eigenvalue weighted by atomic mass is 13.9. The van der Waals surface area contributed by atoms with E-state index in [0.29, 0.717) is 0 Å². The third kappa shape index (κ3) is 4.95. The van der Waals surface area contributed by atoms with Gasteiger partial charge in [0.15, 0.2) is 0 Å². The summed E-state index contributed by atoms with van der Waals surface area (Å²) in [7, 11) is 0. The van der Waals surface area contributed by atoms with Crippen molar-refractivity contribution in [3.8, 4) is 0 Å². The van der Waals surface area contributed by atoms with Crippen molar-refractivity contribution in [3.05, 3.63) is 36.5 Å². The largest absolute Gasteiger partial charge is 0.0845 e. The Bertz CT molecular complexity index is 152. The number of allylic oxidation sites excluding steroid dienone is 6. The molecule has 0 N–H and O–H groups in total. The van der Waals surface area contributed by atoms with Crippen LogP contribution in [-0.4, -0.2) is 0 Å². The Labute approximate surface area is 75.7 Å². The molecule has 0 fully saturated rings. The Morgan fingerprint density at radius 3 is 1.50 bits per heavy atom. The molecule has 0 saturated carbocycles. The van der Waals surface area contributed by atoms with Crippen molar-refractivity contribution in [1.29, 1.82) is 0 Å². The van der Waals surface area contributed by atoms with E-state index < -0.39 is 0 Å². The molecular weight excluding hydrogens is 144 g/mol. The number of hydrogen-bond donors (Lipinski definition) is 0. The molecule has 0 nitrogen and oxygen atoms in total. The average molecular weight is 162 g/mol. The zero-order chi connectivity index (χ0) is 8.49. The Kier molecular flexibility index (Phi) is 5.35. The highest BCUT2D eigenvalue weighted by Crippen LogP contribution is 2.07. The summed E-state index contributed by atoms with van der Waals surface area (Å²) in [5.74, 6) is 0. The van der Waals surface area contributed by atoms with Gasteiger partial charge in [0, 0.05) is 0 Å². The van der Waals surface area contributed by atoms with Crippen LogP contribution in [0.15, 0.2) is 36.5 Å². The summed E-state index contributed by atoms with van der Waals surface area (Å²) >= 11 is 0. The SMILES string of the molecule is C1=CCCCCCCC=C/C=C\1. The smallest absolute Gasteiger partial charge is 0.0348 e. The highest BCUT2D eigenvalue weighted by Gasteiger charge is 1.87. The summed E-state index contributed by atoms with van der Waals surface area (Å²) in [5, 5.41) is 0. The molecule has 0 saturated heterocycles. The maximum absolute atomic E-state index is 2.26. The van der Waals surface area contributed by atoms with E-state index in [1.54, 1.807) is 0 Å². The summed E-state index contributed by atoms with van der Waals surface area (Å²) in [6, 6.07) is 0. The van der Waals surface area contributed by atoms with Crippen LogP contribution < -0.4 is 0 Å². The van der Waals surface area contributed by atoms with E-state index in [2.05, 4.69) is 36.5 Å². The van der Waals surface area contributed by atoms with Crippen molar-refractivity contribution >= 4 is 0 Å². The van der Waals surface area contributed by atoms with Gasteiger partial charge in [-0.05, 0) is 25.7 Å². The highest BCUT2D eigenvalue weighted by molar-refractivity contribution is 5.11. The average Bonchev–Trinajstić information content (AvgIpc) is 2.05. The monoisotopic (exact) mass is 162 g/mol. The van der Waals surface area contributed by atoms with Crippen LogP contribution in [0.1, 0.15) is 38.5 Å². The molecule has 0 atom stereocenters. The van der Waals surface area contributed by atoms with Crippen LogP contribution in [0, 0.1) is 0 Å². The first-order valence-electron chi connectivity index (χ1n) is 4.98. The van der Waals surface area contributed by atoms with E-state index >= 15 is 0 Å². The number of hydrogen-bond acceptors (Lipinski definition) is 0. The lowest BCUT2D eigenvalue weighted by molar-refractivity contribution is 0.652. The molecule has 0 aromatic carbocycles. The molecule has 0 amide bonds. The fourth-order valence-electron chi connectivity index (χ4n) is 1.36. The Hall–Kier alpha value is -0.780. The van der Waals surface area contributed by atoms with Crippen LogP contribution >= 0.6 is 0 Å². The molecular formula is C12H18. The molecule has 0 aliphatic heterocycles. The minimum absolute atomic E-state index is 1.24. The van der Waals surface area contributed by atoms with Crippen molar-refractivity contribution in [2.75, 3.05) is 0 Å². The third-order valence-corrected chi connectivity index (χ3v) is 2.10. The van der Waals surface area contributed by atoms with Gasteiger partial charge in [0.05, 0.1) is 0 Å². The van der Waals surface area contributed by atoms with Gasteiger partial charge in [0.2, 0.25) is 0 Å². The number of rotatable bonds is 0. The predicted octanol–water partition coefficient (Wildman–Crippen LogP) is 4.01. The second kappa shape index (κ2) is 6.90. The van der Waals surface area contributed by atoms with Crippen molar-refractivity contribution in [3.63, 3.8) is 0 Å². The van der Waals surface area contributed by atoms with Gasteiger partial charge < -0.3 is 0 Å². The van der Waals surface area contributed by atoms with Gasteiger partial charge in [-0.15, -0.1) is 0 Å². The molecule has 0 aromatic rings. The molecule has 0 radical (unpaired) electrons. The maximum atomic E-state index is 2.26. The van der Waals surface area contributed by atoms with Gasteiger partial charge in [-0.3, -0.25) is 0 Å². The van der Waals surface area contributed by atoms with E-state index in [-0.39, 0.29) is 0 Å². The molecule has 12 heavy (non-hydrogen) atoms. The third-order valence-electron chi connectivity index (χ3n) is 2.10. The van der Waals surface area contributed by atoms with Gasteiger partial charge in [-0.25, -0.2) is 0 Å². The van der Waals surface area contributed by atoms with Crippen LogP contribution in [0.25, 0.3) is 0 Å². The lowest BCUT2D eigenvalue weighted by Gasteiger charge is -1.96. The van der Waals surface area contributed by atoms with Crippen molar-refractivity contribution < 1.29 is 0 Å². The maximum Gasteiger partial charge on any atom is -0.0348 e. The zero-order valence-corrected chi connectivity index (χ0v) is 7.71. The van der Waals surface area contributed by atoms with Crippen molar-refractivity contribution in [2.45, 2.75) is 38.5 Å². The second-order valence-electron chi connectivity index (χ2n) is 3.23. The van der Waals surface area contributed by atoms with Crippen LogP contribution in [0.3, 0.4) is 0 Å². The summed E-state index contributed by atoms with van der Waals surface area (Å²) in [4.78, 5) is 0. The van der Waals surface area contributed by atoms with Crippen molar-refractivity contribution in [2.24, 2.45) is 0 Å². The van der Waals surface area contributed by atoms with Gasteiger partial charge in [0.25, 0.3) is 0 Å². The molecule has 66 valence electrons. The van der Waals surface area contributed by atoms with E-state index in [4.69, 9.17) is 0 Å². The molecule has 0 heterocycles. The lowest BCUT2D eigenvalue weighted by atomic mass is 10.1. The predicted molar refractivity (Wildman–Crippen MR) is 55.1 cm³/mol. The molecule has 0 spiro atoms. The summed E-state index contributed by atoms with van der Waals surface area (Å²) in [6.45, 7) is 0. The van der Waals surface area contributed by atoms with Gasteiger partial charge in [-0.2, -0.15) is 0 Å². The van der Waals surface area contributed by atoms with E-state index in [0.717, 1.165) is 0 Å². The Morgan fingerprint density at radius 2 is 1.00 bits per heavy atom. The molecule has 1 aliphatic rings. The minimum atomic E-state index is 1.24. The van der Waals surface area contributed by atoms with Crippen LogP contribution in [0.5, 0.6) is 0 Å². The molecule has 0 bridgehead atoms. The lowest BCUT2D eigenvalue weighted by Crippen LogP contribution is -1.77. The standard InChI is InChI=1S/C12H18/c1-2-4-6-8-10-12-11-9-7-5-3-1/h1-6H,7-12H2/b2-1-,5-3?,6-4?. The molecule has 0 unspecified atom stereocenters. The van der Waals surface area contributed by atoms with Gasteiger partial charge in [0.1, 0.15) is 0 Å². The first-order valence-corrected chi connectivity index (χ1v) is 4.98. The quantitative estimate of drug-likeness (QED) is 0.505. The van der Waals surface area contributed by atoms with Crippen LogP contribution in [0.2, 0.25) is 0 Å².